The second kappa shape index (κ2) is 11.5. The molecule has 3 aliphatic carbocycles. The van der Waals surface area contributed by atoms with E-state index >= 15 is 0 Å². The van der Waals surface area contributed by atoms with Crippen molar-refractivity contribution in [1.29, 1.82) is 10.5 Å². The number of nitrogens with zero attached hydrogens (tertiary/aromatic N) is 2. The lowest BCUT2D eigenvalue weighted by Crippen LogP contribution is -2.72. The van der Waals surface area contributed by atoms with E-state index in [0.29, 0.717) is 42.2 Å². The van der Waals surface area contributed by atoms with Crippen LogP contribution in [0.15, 0.2) is 53.1 Å². The van der Waals surface area contributed by atoms with Gasteiger partial charge in [0.05, 0.1) is 41.6 Å². The average molecular weight is 595 g/mol. The fourth-order valence-corrected chi connectivity index (χ4v) is 9.62. The van der Waals surface area contributed by atoms with Crippen molar-refractivity contribution < 1.29 is 18.6 Å². The van der Waals surface area contributed by atoms with Gasteiger partial charge in [0.15, 0.2) is 0 Å². The van der Waals surface area contributed by atoms with Gasteiger partial charge in [-0.3, -0.25) is 4.79 Å². The molecule has 0 amide bonds. The monoisotopic (exact) mass is 594 g/mol. The first-order valence-corrected chi connectivity index (χ1v) is 16.3. The van der Waals surface area contributed by atoms with E-state index in [-0.39, 0.29) is 28.9 Å². The van der Waals surface area contributed by atoms with Crippen LogP contribution < -0.4 is 0 Å². The number of hydrogen-bond acceptors (Lipinski definition) is 7. The highest BCUT2D eigenvalue weighted by molar-refractivity contribution is 8.25. The molecule has 8 heteroatoms. The molecular formula is C35H39BN2O4S. The Labute approximate surface area is 259 Å². The van der Waals surface area contributed by atoms with Gasteiger partial charge in [0, 0.05) is 29.1 Å². The van der Waals surface area contributed by atoms with Crippen LogP contribution in [-0.4, -0.2) is 29.6 Å². The predicted molar refractivity (Wildman–Crippen MR) is 169 cm³/mol. The summed E-state index contributed by atoms with van der Waals surface area (Å²) in [6.07, 6.45) is 5.76. The van der Waals surface area contributed by atoms with Gasteiger partial charge in [0.25, 0.3) is 0 Å². The van der Waals surface area contributed by atoms with Gasteiger partial charge in [-0.1, -0.05) is 45.0 Å². The van der Waals surface area contributed by atoms with E-state index in [1.807, 2.05) is 43.5 Å². The highest BCUT2D eigenvalue weighted by Gasteiger charge is 2.71. The zero-order chi connectivity index (χ0) is 30.5. The van der Waals surface area contributed by atoms with Gasteiger partial charge in [-0.15, -0.1) is 11.6 Å². The molecule has 2 aromatic carbocycles. The minimum atomic E-state index is -0.742. The van der Waals surface area contributed by atoms with Crippen LogP contribution in [0.1, 0.15) is 75.6 Å². The van der Waals surface area contributed by atoms with Crippen LogP contribution in [-0.2, 0) is 27.0 Å². The molecule has 43 heavy (non-hydrogen) atoms. The second-order valence-corrected chi connectivity index (χ2v) is 14.8. The van der Waals surface area contributed by atoms with E-state index < -0.39 is 5.92 Å². The Morgan fingerprint density at radius 2 is 1.98 bits per heavy atom. The van der Waals surface area contributed by atoms with E-state index in [1.54, 1.807) is 17.7 Å². The number of rotatable bonds is 11. The van der Waals surface area contributed by atoms with Gasteiger partial charge >= 0.3 is 6.19 Å². The molecule has 0 radical (unpaired) electrons. The molecule has 3 aromatic rings. The maximum Gasteiger partial charge on any atom is 0.370 e. The van der Waals surface area contributed by atoms with E-state index in [2.05, 4.69) is 39.0 Å². The first-order chi connectivity index (χ1) is 20.5. The maximum absolute atomic E-state index is 12.0. The topological polar surface area (TPSA) is 96.3 Å². The molecule has 0 spiro atoms. The lowest BCUT2D eigenvalue weighted by molar-refractivity contribution is -0.210. The third-order valence-electron chi connectivity index (χ3n) is 10.8. The van der Waals surface area contributed by atoms with Crippen LogP contribution in [0.3, 0.4) is 0 Å². The number of fused-ring (bicyclic) bond motifs is 1. The summed E-state index contributed by atoms with van der Waals surface area (Å²) in [6, 6.07) is 18.1. The van der Waals surface area contributed by atoms with Gasteiger partial charge in [0.1, 0.15) is 17.3 Å². The Kier molecular flexibility index (Phi) is 8.01. The Hall–Kier alpha value is -3.04. The standard InChI is InChI=1S/C35H39BN2O4S/c1-21(29(19-38)22(2)39)25-13-23(12-24(14-25)18-37)10-11-40-33(15-26-20-41-30-9-7-6-8-28(26)30)43-36-32-17-27-16-31(34(27,3)4)35(32,5)42-36/h6-9,12-14,20-21,27,29,31-33H,10-11,15-17H2,1-5H3/t21?,27?,29?,31?,32?,33?,35-/m0/s1. The number of ether oxygens (including phenoxy) is 1. The molecule has 1 saturated heterocycles. The van der Waals surface area contributed by atoms with Crippen LogP contribution in [0.25, 0.3) is 11.0 Å². The summed E-state index contributed by atoms with van der Waals surface area (Å²) >= 11 is 1.79. The van der Waals surface area contributed by atoms with Crippen molar-refractivity contribution >= 4 is 34.6 Å². The summed E-state index contributed by atoms with van der Waals surface area (Å²) in [5.41, 5.74) is 4.49. The molecule has 3 saturated carbocycles. The first kappa shape index (κ1) is 30.0. The van der Waals surface area contributed by atoms with Crippen molar-refractivity contribution in [3.63, 3.8) is 0 Å². The number of nitriles is 2. The fourth-order valence-electron chi connectivity index (χ4n) is 8.03. The van der Waals surface area contributed by atoms with Crippen molar-refractivity contribution in [3.05, 3.63) is 71.0 Å². The fraction of sp³-hybridized carbons (Fsp3) is 0.514. The summed E-state index contributed by atoms with van der Waals surface area (Å²) in [5, 5.41) is 20.3. The molecular weight excluding hydrogens is 555 g/mol. The third-order valence-corrected chi connectivity index (χ3v) is 12.1. The number of benzene rings is 2. The Bertz CT molecular complexity index is 1620. The molecule has 1 aliphatic heterocycles. The Morgan fingerprint density at radius 3 is 2.67 bits per heavy atom. The zero-order valence-electron chi connectivity index (χ0n) is 25.6. The normalized spacial score (nSPS) is 27.1. The zero-order valence-corrected chi connectivity index (χ0v) is 26.4. The highest BCUT2D eigenvalue weighted by Crippen LogP contribution is 2.72. The van der Waals surface area contributed by atoms with Crippen molar-refractivity contribution in [3.8, 4) is 12.1 Å². The molecule has 4 aliphatic rings. The van der Waals surface area contributed by atoms with Crippen LogP contribution in [0.2, 0.25) is 5.82 Å². The maximum atomic E-state index is 12.0. The smallest absolute Gasteiger partial charge is 0.370 e. The van der Waals surface area contributed by atoms with Crippen molar-refractivity contribution in [2.75, 3.05) is 6.61 Å². The Morgan fingerprint density at radius 1 is 1.19 bits per heavy atom. The van der Waals surface area contributed by atoms with Gasteiger partial charge in [-0.2, -0.15) is 10.5 Å². The number of hydrogen-bond donors (Lipinski definition) is 0. The summed E-state index contributed by atoms with van der Waals surface area (Å²) in [6.45, 7) is 10.9. The molecule has 7 rings (SSSR count). The highest BCUT2D eigenvalue weighted by atomic mass is 32.2. The summed E-state index contributed by atoms with van der Waals surface area (Å²) in [7, 11) is 0. The van der Waals surface area contributed by atoms with Gasteiger partial charge in [0.2, 0.25) is 0 Å². The SMILES string of the molecule is CC(=O)C(C#N)C(C)c1cc(C#N)cc(CCOC(Cc2coc3ccccc23)SB2O[C@]3(C)C2CC2CC3C2(C)C)c1. The van der Waals surface area contributed by atoms with Gasteiger partial charge in [-0.25, -0.2) is 0 Å². The first-order valence-electron chi connectivity index (χ1n) is 15.4. The minimum absolute atomic E-state index is 0.0468. The largest absolute Gasteiger partial charge is 0.464 e. The van der Waals surface area contributed by atoms with Crippen LogP contribution in [0.5, 0.6) is 0 Å². The number of furan rings is 1. The van der Waals surface area contributed by atoms with Crippen LogP contribution >= 0.6 is 11.6 Å². The number of para-hydroxylation sites is 1. The molecule has 2 bridgehead atoms. The van der Waals surface area contributed by atoms with Crippen LogP contribution in [0.4, 0.5) is 0 Å². The molecule has 6 nitrogen and oxygen atoms in total. The third kappa shape index (κ3) is 5.33. The quantitative estimate of drug-likeness (QED) is 0.166. The van der Waals surface area contributed by atoms with E-state index in [9.17, 15) is 15.3 Å². The average Bonchev–Trinajstić information content (AvgIpc) is 3.38. The number of carbonyl (C=O) groups is 1. The van der Waals surface area contributed by atoms with Gasteiger partial charge in [-0.05, 0) is 79.7 Å². The van der Waals surface area contributed by atoms with Crippen LogP contribution in [0, 0.1) is 45.8 Å². The molecule has 2 heterocycles. The summed E-state index contributed by atoms with van der Waals surface area (Å²) in [5.74, 6) is 0.713. The lowest BCUT2D eigenvalue weighted by atomic mass is 9.35. The Balaban J connectivity index is 1.17. The number of carbonyl (C=O) groups excluding carboxylic acids is 1. The van der Waals surface area contributed by atoms with Gasteiger partial charge < -0.3 is 13.8 Å². The second-order valence-electron chi connectivity index (χ2n) is 13.5. The minimum Gasteiger partial charge on any atom is -0.464 e. The molecule has 222 valence electrons. The summed E-state index contributed by atoms with van der Waals surface area (Å²) in [4.78, 5) is 12.0. The van der Waals surface area contributed by atoms with Crippen molar-refractivity contribution in [2.45, 2.75) is 83.1 Å². The number of ketones is 1. The molecule has 1 aromatic heterocycles. The predicted octanol–water partition coefficient (Wildman–Crippen LogP) is 7.71. The van der Waals surface area contributed by atoms with Crippen molar-refractivity contribution in [1.82, 2.24) is 0 Å². The number of Topliss-reactive ketones (excluding diaryl/α,β-unsaturated/α-hetero) is 1. The molecule has 4 fully saturated rings. The molecule has 6 unspecified atom stereocenters. The van der Waals surface area contributed by atoms with Crippen molar-refractivity contribution in [2.24, 2.45) is 23.2 Å². The molecule has 0 N–H and O–H groups in total. The summed E-state index contributed by atoms with van der Waals surface area (Å²) < 4.78 is 19.2. The lowest BCUT2D eigenvalue weighted by Gasteiger charge is -2.72. The van der Waals surface area contributed by atoms with E-state index in [1.165, 1.54) is 19.8 Å². The molecule has 7 atom stereocenters. The van der Waals surface area contributed by atoms with E-state index in [0.717, 1.165) is 33.6 Å². The van der Waals surface area contributed by atoms with E-state index in [4.69, 9.17) is 13.8 Å².